The lowest BCUT2D eigenvalue weighted by atomic mass is 10.0. The van der Waals surface area contributed by atoms with Gasteiger partial charge in [0, 0.05) is 6.42 Å². The van der Waals surface area contributed by atoms with Crippen LogP contribution in [0.2, 0.25) is 0 Å². The van der Waals surface area contributed by atoms with E-state index in [1.165, 1.54) is 32.1 Å². The van der Waals surface area contributed by atoms with Crippen LogP contribution in [-0.4, -0.2) is 45.2 Å². The third kappa shape index (κ3) is 14.3. The van der Waals surface area contributed by atoms with E-state index in [0.29, 0.717) is 12.8 Å². The van der Waals surface area contributed by atoms with Gasteiger partial charge in [-0.05, 0) is 12.8 Å². The van der Waals surface area contributed by atoms with Gasteiger partial charge in [-0.15, -0.1) is 0 Å². The molecule has 0 aromatic heterocycles. The van der Waals surface area contributed by atoms with Gasteiger partial charge in [-0.3, -0.25) is 4.79 Å². The first-order chi connectivity index (χ1) is 10.6. The second kappa shape index (κ2) is 15.3. The Balaban J connectivity index is 3.13. The fourth-order valence-electron chi connectivity index (χ4n) is 2.53. The Kier molecular flexibility index (Phi) is 14.8. The topological polar surface area (TPSA) is 98.0 Å². The molecule has 0 aliphatic rings. The Labute approximate surface area is 134 Å². The molecule has 0 aromatic carbocycles. The molecule has 0 radical (unpaired) electrons. The van der Waals surface area contributed by atoms with Gasteiger partial charge < -0.3 is 20.4 Å². The molecule has 0 heterocycles. The molecule has 2 unspecified atom stereocenters. The van der Waals surface area contributed by atoms with Crippen molar-refractivity contribution >= 4 is 5.97 Å². The lowest BCUT2D eigenvalue weighted by molar-refractivity contribution is -0.137. The highest BCUT2D eigenvalue weighted by Crippen LogP contribution is 2.13. The van der Waals surface area contributed by atoms with E-state index in [4.69, 9.17) is 10.2 Å². The second-order valence-corrected chi connectivity index (χ2v) is 6.14. The molecule has 2 atom stereocenters. The smallest absolute Gasteiger partial charge is 0.303 e. The van der Waals surface area contributed by atoms with Crippen molar-refractivity contribution in [3.63, 3.8) is 0 Å². The largest absolute Gasteiger partial charge is 0.481 e. The Morgan fingerprint density at radius 3 is 1.50 bits per heavy atom. The number of hydrogen-bond donors (Lipinski definition) is 4. The highest BCUT2D eigenvalue weighted by Gasteiger charge is 2.13. The molecular weight excluding hydrogens is 284 g/mol. The van der Waals surface area contributed by atoms with E-state index in [1.54, 1.807) is 0 Å². The Morgan fingerprint density at radius 2 is 1.09 bits per heavy atom. The van der Waals surface area contributed by atoms with E-state index >= 15 is 0 Å². The summed E-state index contributed by atoms with van der Waals surface area (Å²) >= 11 is 0. The van der Waals surface area contributed by atoms with Crippen molar-refractivity contribution in [1.29, 1.82) is 0 Å². The van der Waals surface area contributed by atoms with Crippen LogP contribution in [0.15, 0.2) is 0 Å². The maximum absolute atomic E-state index is 10.3. The van der Waals surface area contributed by atoms with E-state index in [2.05, 4.69) is 0 Å². The summed E-state index contributed by atoms with van der Waals surface area (Å²) in [7, 11) is 0. The quantitative estimate of drug-likeness (QED) is 0.328. The van der Waals surface area contributed by atoms with Gasteiger partial charge >= 0.3 is 5.97 Å². The van der Waals surface area contributed by atoms with Gasteiger partial charge in [-0.1, -0.05) is 64.2 Å². The van der Waals surface area contributed by atoms with E-state index < -0.39 is 18.2 Å². The van der Waals surface area contributed by atoms with Crippen molar-refractivity contribution in [2.24, 2.45) is 0 Å². The molecule has 0 amide bonds. The summed E-state index contributed by atoms with van der Waals surface area (Å²) in [5.41, 5.74) is 0. The van der Waals surface area contributed by atoms with E-state index in [0.717, 1.165) is 38.5 Å². The molecule has 4 N–H and O–H groups in total. The number of aliphatic hydroxyl groups excluding tert-OH is 3. The molecule has 0 rings (SSSR count). The van der Waals surface area contributed by atoms with Gasteiger partial charge in [-0.2, -0.15) is 0 Å². The average Bonchev–Trinajstić information content (AvgIpc) is 2.50. The lowest BCUT2D eigenvalue weighted by Crippen LogP contribution is -2.28. The summed E-state index contributed by atoms with van der Waals surface area (Å²) in [4.78, 5) is 10.3. The molecule has 132 valence electrons. The normalized spacial score (nSPS) is 14.0. The number of rotatable bonds is 16. The van der Waals surface area contributed by atoms with Crippen molar-refractivity contribution in [3.8, 4) is 0 Å². The third-order valence-electron chi connectivity index (χ3n) is 4.02. The first-order valence-corrected chi connectivity index (χ1v) is 8.76. The SMILES string of the molecule is O=C(O)CCCCCCCCCCCCCC(O)C(O)CO. The molecule has 0 aromatic rings. The highest BCUT2D eigenvalue weighted by molar-refractivity contribution is 5.66. The first-order valence-electron chi connectivity index (χ1n) is 8.76. The van der Waals surface area contributed by atoms with Crippen LogP contribution >= 0.6 is 0 Å². The van der Waals surface area contributed by atoms with Crippen LogP contribution in [0.5, 0.6) is 0 Å². The monoisotopic (exact) mass is 318 g/mol. The first kappa shape index (κ1) is 21.4. The van der Waals surface area contributed by atoms with Crippen LogP contribution in [0.25, 0.3) is 0 Å². The zero-order valence-corrected chi connectivity index (χ0v) is 13.8. The van der Waals surface area contributed by atoms with Gasteiger partial charge in [0.25, 0.3) is 0 Å². The number of carboxylic acids is 1. The minimum absolute atomic E-state index is 0.296. The predicted molar refractivity (Wildman–Crippen MR) is 86.8 cm³/mol. The molecule has 0 saturated carbocycles. The molecule has 0 bridgehead atoms. The zero-order chi connectivity index (χ0) is 16.6. The molecule has 5 heteroatoms. The summed E-state index contributed by atoms with van der Waals surface area (Å²) in [6.45, 7) is -0.378. The summed E-state index contributed by atoms with van der Waals surface area (Å²) < 4.78 is 0. The highest BCUT2D eigenvalue weighted by atomic mass is 16.4. The van der Waals surface area contributed by atoms with E-state index in [9.17, 15) is 15.0 Å². The van der Waals surface area contributed by atoms with Crippen LogP contribution in [0.3, 0.4) is 0 Å². The van der Waals surface area contributed by atoms with Crippen LogP contribution in [0.4, 0.5) is 0 Å². The molecule has 0 aliphatic carbocycles. The van der Waals surface area contributed by atoms with Gasteiger partial charge in [0.15, 0.2) is 0 Å². The maximum Gasteiger partial charge on any atom is 0.303 e. The molecule has 0 aliphatic heterocycles. The van der Waals surface area contributed by atoms with Gasteiger partial charge in [-0.25, -0.2) is 0 Å². The lowest BCUT2D eigenvalue weighted by Gasteiger charge is -2.14. The van der Waals surface area contributed by atoms with Crippen LogP contribution in [-0.2, 0) is 4.79 Å². The second-order valence-electron chi connectivity index (χ2n) is 6.14. The summed E-state index contributed by atoms with van der Waals surface area (Å²) in [5, 5.41) is 35.9. The number of unbranched alkanes of at least 4 members (excludes halogenated alkanes) is 10. The average molecular weight is 318 g/mol. The van der Waals surface area contributed by atoms with E-state index in [1.807, 2.05) is 0 Å². The van der Waals surface area contributed by atoms with E-state index in [-0.39, 0.29) is 6.61 Å². The van der Waals surface area contributed by atoms with Crippen LogP contribution < -0.4 is 0 Å². The zero-order valence-electron chi connectivity index (χ0n) is 13.8. The minimum atomic E-state index is -1.00. The van der Waals surface area contributed by atoms with Crippen molar-refractivity contribution in [2.75, 3.05) is 6.61 Å². The number of carboxylic acid groups (broad SMARTS) is 1. The van der Waals surface area contributed by atoms with Gasteiger partial charge in [0.1, 0.15) is 6.10 Å². The molecule has 0 saturated heterocycles. The number of aliphatic hydroxyl groups is 3. The van der Waals surface area contributed by atoms with Gasteiger partial charge in [0.2, 0.25) is 0 Å². The van der Waals surface area contributed by atoms with Crippen molar-refractivity contribution < 1.29 is 25.2 Å². The molecule has 22 heavy (non-hydrogen) atoms. The Hall–Kier alpha value is -0.650. The summed E-state index contributed by atoms with van der Waals surface area (Å²) in [5.74, 6) is -0.696. The fourth-order valence-corrected chi connectivity index (χ4v) is 2.53. The standard InChI is InChI=1S/C17H34O5/c18-14-16(20)15(19)12-10-8-6-4-2-1-3-5-7-9-11-13-17(21)22/h15-16,18-20H,1-14H2,(H,21,22). The Morgan fingerprint density at radius 1 is 0.682 bits per heavy atom. The van der Waals surface area contributed by atoms with Gasteiger partial charge in [0.05, 0.1) is 12.7 Å². The molecule has 0 spiro atoms. The number of aliphatic carboxylic acids is 1. The molecule has 0 fully saturated rings. The molecular formula is C17H34O5. The van der Waals surface area contributed by atoms with Crippen molar-refractivity contribution in [2.45, 2.75) is 95.7 Å². The minimum Gasteiger partial charge on any atom is -0.481 e. The van der Waals surface area contributed by atoms with Crippen LogP contribution in [0, 0.1) is 0 Å². The fraction of sp³-hybridized carbons (Fsp3) is 0.941. The summed E-state index contributed by atoms with van der Waals surface area (Å²) in [6.07, 6.45) is 11.2. The maximum atomic E-state index is 10.3. The van der Waals surface area contributed by atoms with Crippen LogP contribution in [0.1, 0.15) is 83.5 Å². The number of carbonyl (C=O) groups is 1. The third-order valence-corrected chi connectivity index (χ3v) is 4.02. The Bertz CT molecular complexity index is 257. The predicted octanol–water partition coefficient (Wildman–Crippen LogP) is 2.86. The summed E-state index contributed by atoms with van der Waals surface area (Å²) in [6, 6.07) is 0. The van der Waals surface area contributed by atoms with Crippen molar-refractivity contribution in [1.82, 2.24) is 0 Å². The number of hydrogen-bond acceptors (Lipinski definition) is 4. The van der Waals surface area contributed by atoms with Crippen molar-refractivity contribution in [3.05, 3.63) is 0 Å². The molecule has 5 nitrogen and oxygen atoms in total.